The zero-order valence-electron chi connectivity index (χ0n) is 10.5. The van der Waals surface area contributed by atoms with Crippen LogP contribution in [0.2, 0.25) is 0 Å². The number of hydrogen-bond donors (Lipinski definition) is 1. The standard InChI is InChI=1S/C11H23N3O/c1-10(9-11(15)14(4)5)12-7-6-8-13(2)3/h9,12H,6-8H2,1-5H3. The average molecular weight is 213 g/mol. The van der Waals surface area contributed by atoms with Gasteiger partial charge in [0.1, 0.15) is 0 Å². The molecule has 0 aliphatic carbocycles. The molecule has 4 heteroatoms. The lowest BCUT2D eigenvalue weighted by Crippen LogP contribution is -2.23. The summed E-state index contributed by atoms with van der Waals surface area (Å²) < 4.78 is 0. The van der Waals surface area contributed by atoms with E-state index in [4.69, 9.17) is 0 Å². The maximum absolute atomic E-state index is 11.3. The van der Waals surface area contributed by atoms with Crippen LogP contribution in [0.25, 0.3) is 0 Å². The van der Waals surface area contributed by atoms with Crippen molar-refractivity contribution in [1.29, 1.82) is 0 Å². The molecule has 0 aromatic carbocycles. The van der Waals surface area contributed by atoms with Crippen LogP contribution >= 0.6 is 0 Å². The number of amides is 1. The number of allylic oxidation sites excluding steroid dienone is 1. The third kappa shape index (κ3) is 8.00. The lowest BCUT2D eigenvalue weighted by Gasteiger charge is -2.11. The van der Waals surface area contributed by atoms with Crippen molar-refractivity contribution in [3.63, 3.8) is 0 Å². The summed E-state index contributed by atoms with van der Waals surface area (Å²) in [7, 11) is 7.60. The summed E-state index contributed by atoms with van der Waals surface area (Å²) in [5.41, 5.74) is 0.924. The molecule has 0 bridgehead atoms. The van der Waals surface area contributed by atoms with Crippen LogP contribution in [0.15, 0.2) is 11.8 Å². The molecule has 0 heterocycles. The summed E-state index contributed by atoms with van der Waals surface area (Å²) in [6.45, 7) is 3.88. The fraction of sp³-hybridized carbons (Fsp3) is 0.727. The minimum atomic E-state index is 0.0209. The van der Waals surface area contributed by atoms with Gasteiger partial charge in [-0.25, -0.2) is 0 Å². The van der Waals surface area contributed by atoms with Gasteiger partial charge in [0, 0.05) is 32.4 Å². The minimum absolute atomic E-state index is 0.0209. The maximum atomic E-state index is 11.3. The summed E-state index contributed by atoms with van der Waals surface area (Å²) in [6, 6.07) is 0. The van der Waals surface area contributed by atoms with Gasteiger partial charge in [-0.2, -0.15) is 0 Å². The van der Waals surface area contributed by atoms with Gasteiger partial charge in [0.05, 0.1) is 0 Å². The van der Waals surface area contributed by atoms with Crippen LogP contribution in [0.1, 0.15) is 13.3 Å². The third-order valence-corrected chi connectivity index (χ3v) is 1.97. The van der Waals surface area contributed by atoms with Crippen molar-refractivity contribution in [2.75, 3.05) is 41.3 Å². The molecule has 0 saturated carbocycles. The largest absolute Gasteiger partial charge is 0.388 e. The van der Waals surface area contributed by atoms with Crippen molar-refractivity contribution in [3.05, 3.63) is 11.8 Å². The Labute approximate surface area is 92.9 Å². The summed E-state index contributed by atoms with van der Waals surface area (Å²) in [6.07, 6.45) is 2.70. The highest BCUT2D eigenvalue weighted by molar-refractivity contribution is 5.87. The molecule has 0 spiro atoms. The lowest BCUT2D eigenvalue weighted by molar-refractivity contribution is -0.123. The van der Waals surface area contributed by atoms with Gasteiger partial charge < -0.3 is 15.1 Å². The highest BCUT2D eigenvalue weighted by Gasteiger charge is 1.99. The molecule has 0 rings (SSSR count). The Hall–Kier alpha value is -1.03. The fourth-order valence-corrected chi connectivity index (χ4v) is 1.05. The summed E-state index contributed by atoms with van der Waals surface area (Å²) in [4.78, 5) is 15.0. The van der Waals surface area contributed by atoms with Crippen LogP contribution in [0, 0.1) is 0 Å². The van der Waals surface area contributed by atoms with Gasteiger partial charge >= 0.3 is 0 Å². The molecule has 0 fully saturated rings. The van der Waals surface area contributed by atoms with Crippen LogP contribution in [0.4, 0.5) is 0 Å². The Bertz CT molecular complexity index is 222. The van der Waals surface area contributed by atoms with E-state index < -0.39 is 0 Å². The first-order valence-electron chi connectivity index (χ1n) is 5.21. The van der Waals surface area contributed by atoms with Crippen LogP contribution < -0.4 is 5.32 Å². The molecule has 0 saturated heterocycles. The normalized spacial score (nSPS) is 11.7. The SMILES string of the molecule is CC(=CC(=O)N(C)C)NCCCN(C)C. The molecule has 1 N–H and O–H groups in total. The number of nitrogens with one attached hydrogen (secondary N) is 1. The molecule has 15 heavy (non-hydrogen) atoms. The second-order valence-electron chi connectivity index (χ2n) is 4.14. The third-order valence-electron chi connectivity index (χ3n) is 1.97. The molecule has 0 aromatic heterocycles. The Kier molecular flexibility index (Phi) is 6.79. The molecule has 0 aromatic rings. The number of likely N-dealkylation sites (N-methyl/N-ethyl adjacent to an activating group) is 1. The molecule has 1 amide bonds. The van der Waals surface area contributed by atoms with E-state index in [1.165, 1.54) is 0 Å². The second kappa shape index (κ2) is 7.29. The minimum Gasteiger partial charge on any atom is -0.388 e. The van der Waals surface area contributed by atoms with Crippen molar-refractivity contribution >= 4 is 5.91 Å². The number of rotatable bonds is 6. The van der Waals surface area contributed by atoms with E-state index in [1.54, 1.807) is 25.1 Å². The molecular weight excluding hydrogens is 190 g/mol. The predicted molar refractivity (Wildman–Crippen MR) is 63.6 cm³/mol. The van der Waals surface area contributed by atoms with Crippen molar-refractivity contribution < 1.29 is 4.79 Å². The molecule has 88 valence electrons. The van der Waals surface area contributed by atoms with Crippen molar-refractivity contribution in [2.45, 2.75) is 13.3 Å². The van der Waals surface area contributed by atoms with Gasteiger partial charge in [0.25, 0.3) is 0 Å². The first-order valence-corrected chi connectivity index (χ1v) is 5.21. The highest BCUT2D eigenvalue weighted by Crippen LogP contribution is 1.91. The fourth-order valence-electron chi connectivity index (χ4n) is 1.05. The van der Waals surface area contributed by atoms with Crippen molar-refractivity contribution in [1.82, 2.24) is 15.1 Å². The Morgan fingerprint density at radius 3 is 2.33 bits per heavy atom. The van der Waals surface area contributed by atoms with E-state index in [2.05, 4.69) is 24.3 Å². The topological polar surface area (TPSA) is 35.6 Å². The monoisotopic (exact) mass is 213 g/mol. The van der Waals surface area contributed by atoms with Gasteiger partial charge in [-0.05, 0) is 34.0 Å². The summed E-state index contributed by atoms with van der Waals surface area (Å²) in [5, 5.41) is 3.21. The molecule has 0 atom stereocenters. The molecule has 4 nitrogen and oxygen atoms in total. The van der Waals surface area contributed by atoms with Gasteiger partial charge in [0.15, 0.2) is 0 Å². The molecule has 0 radical (unpaired) electrons. The molecular formula is C11H23N3O. The number of carbonyl (C=O) groups excluding carboxylic acids is 1. The van der Waals surface area contributed by atoms with Crippen LogP contribution in [0.3, 0.4) is 0 Å². The quantitative estimate of drug-likeness (QED) is 0.516. The van der Waals surface area contributed by atoms with E-state index in [1.807, 2.05) is 6.92 Å². The van der Waals surface area contributed by atoms with E-state index in [-0.39, 0.29) is 5.91 Å². The number of hydrogen-bond acceptors (Lipinski definition) is 3. The van der Waals surface area contributed by atoms with E-state index >= 15 is 0 Å². The van der Waals surface area contributed by atoms with Crippen molar-refractivity contribution in [3.8, 4) is 0 Å². The number of carbonyl (C=O) groups is 1. The van der Waals surface area contributed by atoms with Gasteiger partial charge in [0.2, 0.25) is 5.91 Å². The van der Waals surface area contributed by atoms with Gasteiger partial charge in [-0.15, -0.1) is 0 Å². The first kappa shape index (κ1) is 14.0. The highest BCUT2D eigenvalue weighted by atomic mass is 16.2. The van der Waals surface area contributed by atoms with Crippen molar-refractivity contribution in [2.24, 2.45) is 0 Å². The molecule has 0 aliphatic rings. The summed E-state index contributed by atoms with van der Waals surface area (Å²) in [5.74, 6) is 0.0209. The molecule has 0 aliphatic heterocycles. The Balaban J connectivity index is 3.73. The average Bonchev–Trinajstić information content (AvgIpc) is 2.12. The lowest BCUT2D eigenvalue weighted by atomic mass is 10.3. The smallest absolute Gasteiger partial charge is 0.247 e. The maximum Gasteiger partial charge on any atom is 0.247 e. The van der Waals surface area contributed by atoms with E-state index in [0.717, 1.165) is 25.2 Å². The zero-order valence-corrected chi connectivity index (χ0v) is 10.5. The summed E-state index contributed by atoms with van der Waals surface area (Å²) >= 11 is 0. The van der Waals surface area contributed by atoms with Crippen LogP contribution in [0.5, 0.6) is 0 Å². The molecule has 0 unspecified atom stereocenters. The Morgan fingerprint density at radius 1 is 1.27 bits per heavy atom. The first-order chi connectivity index (χ1) is 6.93. The van der Waals surface area contributed by atoms with Gasteiger partial charge in [-0.1, -0.05) is 0 Å². The number of nitrogens with zero attached hydrogens (tertiary/aromatic N) is 2. The van der Waals surface area contributed by atoms with Crippen LogP contribution in [-0.4, -0.2) is 57.0 Å². The predicted octanol–water partition coefficient (Wildman–Crippen LogP) is 0.520. The van der Waals surface area contributed by atoms with Gasteiger partial charge in [-0.3, -0.25) is 4.79 Å². The Morgan fingerprint density at radius 2 is 1.87 bits per heavy atom. The zero-order chi connectivity index (χ0) is 11.8. The van der Waals surface area contributed by atoms with E-state index in [0.29, 0.717) is 0 Å². The second-order valence-corrected chi connectivity index (χ2v) is 4.14. The van der Waals surface area contributed by atoms with Crippen LogP contribution in [-0.2, 0) is 4.79 Å². The van der Waals surface area contributed by atoms with E-state index in [9.17, 15) is 4.79 Å².